The molecule has 2 aromatic carbocycles. The maximum Gasteiger partial charge on any atom is 0.344 e. The zero-order valence-electron chi connectivity index (χ0n) is 16.0. The largest absolute Gasteiger partial charge is 0.507 e. The van der Waals surface area contributed by atoms with Gasteiger partial charge in [-0.2, -0.15) is 0 Å². The number of fused-ring (bicyclic) bond motifs is 4. The van der Waals surface area contributed by atoms with Crippen molar-refractivity contribution in [3.63, 3.8) is 0 Å². The minimum absolute atomic E-state index is 0.0981. The molecule has 0 fully saturated rings. The number of benzene rings is 2. The number of hydrogen-bond donors (Lipinski definition) is 1. The number of aromatic hydroxyl groups is 1. The van der Waals surface area contributed by atoms with Gasteiger partial charge in [0.05, 0.1) is 27.8 Å². The Morgan fingerprint density at radius 1 is 0.935 bits per heavy atom. The standard InChI is InChI=1S/C22H14Br2O7/c1-2-28-22-15(16-18(25)11-7-9(23)3-5-13(11)29-20(16)26)17-19(31-22)12-8-10(24)4-6-14(12)30-21(17)27/h3-8,15,22,25H,2H2,1H3. The van der Waals surface area contributed by atoms with Crippen molar-refractivity contribution in [2.24, 2.45) is 0 Å². The summed E-state index contributed by atoms with van der Waals surface area (Å²) in [7, 11) is 0. The second kappa shape index (κ2) is 7.51. The molecule has 2 unspecified atom stereocenters. The molecular weight excluding hydrogens is 536 g/mol. The van der Waals surface area contributed by atoms with Crippen molar-refractivity contribution in [1.29, 1.82) is 0 Å². The van der Waals surface area contributed by atoms with E-state index in [2.05, 4.69) is 31.9 Å². The maximum atomic E-state index is 12.9. The Hall–Kier alpha value is -2.62. The SMILES string of the molecule is CCOC1Oc2c(c(=O)oc3ccc(Br)cc23)C1c1c(O)c2cc(Br)ccc2oc1=O. The van der Waals surface area contributed by atoms with Crippen molar-refractivity contribution >= 4 is 53.8 Å². The molecule has 31 heavy (non-hydrogen) atoms. The van der Waals surface area contributed by atoms with E-state index in [-0.39, 0.29) is 34.8 Å². The van der Waals surface area contributed by atoms with Crippen LogP contribution in [-0.2, 0) is 4.74 Å². The maximum absolute atomic E-state index is 12.9. The minimum Gasteiger partial charge on any atom is -0.507 e. The van der Waals surface area contributed by atoms with Crippen molar-refractivity contribution in [1.82, 2.24) is 0 Å². The van der Waals surface area contributed by atoms with Gasteiger partial charge in [-0.25, -0.2) is 9.59 Å². The lowest BCUT2D eigenvalue weighted by molar-refractivity contribution is -0.0698. The van der Waals surface area contributed by atoms with Crippen LogP contribution in [0.5, 0.6) is 11.5 Å². The van der Waals surface area contributed by atoms with E-state index in [1.54, 1.807) is 43.3 Å². The molecule has 1 aliphatic rings. The van der Waals surface area contributed by atoms with Gasteiger partial charge in [-0.15, -0.1) is 0 Å². The van der Waals surface area contributed by atoms with Crippen molar-refractivity contribution < 1.29 is 23.4 Å². The van der Waals surface area contributed by atoms with Crippen LogP contribution in [0, 0.1) is 0 Å². The molecule has 0 aliphatic carbocycles. The molecule has 2 atom stereocenters. The van der Waals surface area contributed by atoms with Crippen molar-refractivity contribution in [2.45, 2.75) is 19.1 Å². The molecule has 158 valence electrons. The Labute approximate surface area is 191 Å². The van der Waals surface area contributed by atoms with Gasteiger partial charge in [-0.05, 0) is 43.3 Å². The van der Waals surface area contributed by atoms with Crippen LogP contribution in [0.2, 0.25) is 0 Å². The van der Waals surface area contributed by atoms with Gasteiger partial charge in [0.1, 0.15) is 22.7 Å². The van der Waals surface area contributed by atoms with E-state index >= 15 is 0 Å². The van der Waals surface area contributed by atoms with Gasteiger partial charge in [0.2, 0.25) is 6.29 Å². The summed E-state index contributed by atoms with van der Waals surface area (Å²) in [6, 6.07) is 10.0. The van der Waals surface area contributed by atoms with E-state index < -0.39 is 23.5 Å². The molecule has 0 saturated carbocycles. The lowest BCUT2D eigenvalue weighted by Gasteiger charge is -2.19. The summed E-state index contributed by atoms with van der Waals surface area (Å²) < 4.78 is 24.1. The summed E-state index contributed by atoms with van der Waals surface area (Å²) in [5, 5.41) is 11.9. The quantitative estimate of drug-likeness (QED) is 0.358. The zero-order valence-corrected chi connectivity index (χ0v) is 19.2. The highest BCUT2D eigenvalue weighted by molar-refractivity contribution is 9.10. The second-order valence-electron chi connectivity index (χ2n) is 6.98. The molecule has 3 heterocycles. The van der Waals surface area contributed by atoms with Crippen LogP contribution in [0.15, 0.2) is 63.8 Å². The van der Waals surface area contributed by atoms with Crippen LogP contribution in [0.4, 0.5) is 0 Å². The first-order chi connectivity index (χ1) is 14.9. The third kappa shape index (κ3) is 3.19. The van der Waals surface area contributed by atoms with E-state index in [4.69, 9.17) is 18.3 Å². The van der Waals surface area contributed by atoms with Gasteiger partial charge in [-0.3, -0.25) is 0 Å². The predicted octanol–water partition coefficient (Wildman–Crippen LogP) is 5.02. The van der Waals surface area contributed by atoms with Crippen LogP contribution >= 0.6 is 31.9 Å². The lowest BCUT2D eigenvalue weighted by Crippen LogP contribution is -2.29. The van der Waals surface area contributed by atoms with Crippen LogP contribution in [0.1, 0.15) is 24.0 Å². The minimum atomic E-state index is -1.03. The van der Waals surface area contributed by atoms with Crippen LogP contribution < -0.4 is 16.0 Å². The summed E-state index contributed by atoms with van der Waals surface area (Å²) in [6.07, 6.45) is -1.02. The van der Waals surface area contributed by atoms with Gasteiger partial charge in [-0.1, -0.05) is 31.9 Å². The fourth-order valence-electron chi connectivity index (χ4n) is 3.90. The van der Waals surface area contributed by atoms with Crippen LogP contribution in [0.25, 0.3) is 21.9 Å². The monoisotopic (exact) mass is 548 g/mol. The number of hydrogen-bond acceptors (Lipinski definition) is 7. The summed E-state index contributed by atoms with van der Waals surface area (Å²) in [6.45, 7) is 2.02. The molecular formula is C22H14Br2O7. The molecule has 1 aliphatic heterocycles. The molecule has 4 aromatic rings. The molecule has 0 spiro atoms. The molecule has 2 aromatic heterocycles. The molecule has 5 rings (SSSR count). The second-order valence-corrected chi connectivity index (χ2v) is 8.82. The highest BCUT2D eigenvalue weighted by Crippen LogP contribution is 2.47. The third-order valence-electron chi connectivity index (χ3n) is 5.19. The van der Waals surface area contributed by atoms with Crippen LogP contribution in [-0.4, -0.2) is 18.0 Å². The molecule has 9 heteroatoms. The summed E-state index contributed by atoms with van der Waals surface area (Å²) in [5.41, 5.74) is -0.930. The summed E-state index contributed by atoms with van der Waals surface area (Å²) in [5.74, 6) is -1.08. The smallest absolute Gasteiger partial charge is 0.344 e. The molecule has 0 radical (unpaired) electrons. The highest BCUT2D eigenvalue weighted by atomic mass is 79.9. The molecule has 0 amide bonds. The molecule has 0 saturated heterocycles. The number of halogens is 2. The van der Waals surface area contributed by atoms with Gasteiger partial charge >= 0.3 is 11.3 Å². The average Bonchev–Trinajstić information content (AvgIpc) is 3.10. The Morgan fingerprint density at radius 3 is 2.16 bits per heavy atom. The normalized spacial score (nSPS) is 17.8. The van der Waals surface area contributed by atoms with Gasteiger partial charge in [0.25, 0.3) is 0 Å². The fourth-order valence-corrected chi connectivity index (χ4v) is 4.62. The fraction of sp³-hybridized carbons (Fsp3) is 0.182. The average molecular weight is 550 g/mol. The lowest BCUT2D eigenvalue weighted by atomic mass is 9.92. The first-order valence-corrected chi connectivity index (χ1v) is 11.0. The van der Waals surface area contributed by atoms with Gasteiger partial charge in [0.15, 0.2) is 0 Å². The Kier molecular flexibility index (Phi) is 4.91. The van der Waals surface area contributed by atoms with E-state index in [9.17, 15) is 14.7 Å². The van der Waals surface area contributed by atoms with Gasteiger partial charge in [0, 0.05) is 15.6 Å². The summed E-state index contributed by atoms with van der Waals surface area (Å²) in [4.78, 5) is 25.9. The summed E-state index contributed by atoms with van der Waals surface area (Å²) >= 11 is 6.76. The van der Waals surface area contributed by atoms with Crippen molar-refractivity contribution in [3.8, 4) is 11.5 Å². The van der Waals surface area contributed by atoms with Crippen molar-refractivity contribution in [2.75, 3.05) is 6.61 Å². The molecule has 0 bridgehead atoms. The van der Waals surface area contributed by atoms with Gasteiger partial charge < -0.3 is 23.4 Å². The first kappa shape index (κ1) is 20.3. The Bertz CT molecular complexity index is 1470. The van der Waals surface area contributed by atoms with Crippen molar-refractivity contribution in [3.05, 3.63) is 77.3 Å². The highest BCUT2D eigenvalue weighted by Gasteiger charge is 2.44. The first-order valence-electron chi connectivity index (χ1n) is 9.38. The predicted molar refractivity (Wildman–Crippen MR) is 120 cm³/mol. The number of ether oxygens (including phenoxy) is 2. The Morgan fingerprint density at radius 2 is 1.52 bits per heavy atom. The molecule has 1 N–H and O–H groups in total. The zero-order chi connectivity index (χ0) is 21.9. The number of rotatable bonds is 3. The Balaban J connectivity index is 1.84. The van der Waals surface area contributed by atoms with E-state index in [0.717, 1.165) is 4.47 Å². The topological polar surface area (TPSA) is 99.1 Å². The van der Waals surface area contributed by atoms with E-state index in [1.807, 2.05) is 0 Å². The van der Waals surface area contributed by atoms with E-state index in [0.29, 0.717) is 20.8 Å². The van der Waals surface area contributed by atoms with Crippen LogP contribution in [0.3, 0.4) is 0 Å². The molecule has 7 nitrogen and oxygen atoms in total. The third-order valence-corrected chi connectivity index (χ3v) is 6.17. The van der Waals surface area contributed by atoms with E-state index in [1.165, 1.54) is 0 Å².